The molecule has 0 N–H and O–H groups in total. The summed E-state index contributed by atoms with van der Waals surface area (Å²) in [5.41, 5.74) is 0. The number of likely N-dealkylation sites (N-methyl/N-ethyl adjacent to an activating group) is 1. The van der Waals surface area contributed by atoms with Gasteiger partial charge in [-0.15, -0.1) is 0 Å². The smallest absolute Gasteiger partial charge is 0.305 e. The fraction of sp³-hybridized carbons (Fsp3) is 0.703. The summed E-state index contributed by atoms with van der Waals surface area (Å²) in [7, 11) is 1.33. The van der Waals surface area contributed by atoms with E-state index in [1.165, 1.54) is 38.5 Å². The van der Waals surface area contributed by atoms with Crippen LogP contribution in [0.5, 0.6) is 0 Å². The van der Waals surface area contributed by atoms with Gasteiger partial charge in [0.2, 0.25) is 0 Å². The molecule has 0 saturated carbocycles. The molecule has 0 aromatic heterocycles. The van der Waals surface area contributed by atoms with Gasteiger partial charge in [-0.3, -0.25) is 9.36 Å². The number of phosphoric ester groups is 1. The van der Waals surface area contributed by atoms with Crippen LogP contribution < -0.4 is 4.89 Å². The van der Waals surface area contributed by atoms with Crippen LogP contribution >= 0.6 is 7.82 Å². The first-order valence-electron chi connectivity index (χ1n) is 17.5. The van der Waals surface area contributed by atoms with E-state index in [1.54, 1.807) is 6.92 Å². The fourth-order valence-corrected chi connectivity index (χ4v) is 4.86. The van der Waals surface area contributed by atoms with Crippen molar-refractivity contribution < 1.29 is 37.3 Å². The third kappa shape index (κ3) is 33.6. The first-order valence-corrected chi connectivity index (χ1v) is 19.0. The zero-order chi connectivity index (χ0) is 34.2. The number of quaternary nitrogens is 1. The summed E-state index contributed by atoms with van der Waals surface area (Å²) < 4.78 is 33.5. The molecule has 2 atom stereocenters. The molecule has 2 unspecified atom stereocenters. The number of hydrogen-bond donors (Lipinski definition) is 0. The van der Waals surface area contributed by atoms with Crippen molar-refractivity contribution in [2.75, 3.05) is 54.1 Å². The third-order valence-electron chi connectivity index (χ3n) is 6.89. The third-order valence-corrected chi connectivity index (χ3v) is 7.85. The van der Waals surface area contributed by atoms with Gasteiger partial charge in [-0.25, -0.2) is 0 Å². The van der Waals surface area contributed by atoms with Gasteiger partial charge in [0.25, 0.3) is 7.82 Å². The quantitative estimate of drug-likeness (QED) is 0.0240. The SMILES string of the molecule is CC/C=C\C/C=C\C/C=C\C/C=C\C/C=C\CCCCCCCCCCOCC(COP(=O)([O-])OCC[N+](C)(C)C)OC(=O)CC. The van der Waals surface area contributed by atoms with Gasteiger partial charge in [0, 0.05) is 13.0 Å². The van der Waals surface area contributed by atoms with Gasteiger partial charge in [-0.1, -0.05) is 113 Å². The summed E-state index contributed by atoms with van der Waals surface area (Å²) in [6.45, 7) is 4.66. The van der Waals surface area contributed by atoms with Gasteiger partial charge < -0.3 is 27.9 Å². The molecule has 0 saturated heterocycles. The van der Waals surface area contributed by atoms with Crippen molar-refractivity contribution in [2.45, 2.75) is 116 Å². The molecule has 0 aromatic rings. The predicted molar refractivity (Wildman–Crippen MR) is 189 cm³/mol. The number of nitrogens with zero attached hydrogens (tertiary/aromatic N) is 1. The molecule has 0 aliphatic rings. The van der Waals surface area contributed by atoms with Crippen molar-refractivity contribution in [1.29, 1.82) is 0 Å². The lowest BCUT2D eigenvalue weighted by Gasteiger charge is -2.28. The van der Waals surface area contributed by atoms with Gasteiger partial charge in [0.1, 0.15) is 19.3 Å². The average molecular weight is 668 g/mol. The van der Waals surface area contributed by atoms with E-state index in [0.29, 0.717) is 17.6 Å². The number of carbonyl (C=O) groups is 1. The first-order chi connectivity index (χ1) is 22.1. The molecule has 0 spiro atoms. The van der Waals surface area contributed by atoms with Crippen LogP contribution in [0, 0.1) is 0 Å². The van der Waals surface area contributed by atoms with Crippen LogP contribution in [0.3, 0.4) is 0 Å². The lowest BCUT2D eigenvalue weighted by Crippen LogP contribution is -2.37. The van der Waals surface area contributed by atoms with Gasteiger partial charge in [0.05, 0.1) is 34.4 Å². The summed E-state index contributed by atoms with van der Waals surface area (Å²) in [6.07, 6.45) is 37.5. The van der Waals surface area contributed by atoms with Crippen LogP contribution in [0.2, 0.25) is 0 Å². The maximum Gasteiger partial charge on any atom is 0.305 e. The van der Waals surface area contributed by atoms with Crippen molar-refractivity contribution in [3.63, 3.8) is 0 Å². The Balaban J connectivity index is 3.79. The highest BCUT2D eigenvalue weighted by Gasteiger charge is 2.19. The fourth-order valence-electron chi connectivity index (χ4n) is 4.13. The minimum atomic E-state index is -4.49. The van der Waals surface area contributed by atoms with Crippen molar-refractivity contribution in [3.8, 4) is 0 Å². The lowest BCUT2D eigenvalue weighted by molar-refractivity contribution is -0.870. The Morgan fingerprint density at radius 2 is 1.17 bits per heavy atom. The summed E-state index contributed by atoms with van der Waals surface area (Å²) in [5.74, 6) is -0.429. The second-order valence-electron chi connectivity index (χ2n) is 12.5. The second kappa shape index (κ2) is 30.5. The van der Waals surface area contributed by atoms with Crippen LogP contribution in [-0.4, -0.2) is 70.7 Å². The minimum absolute atomic E-state index is 0.0191. The zero-order valence-corrected chi connectivity index (χ0v) is 30.6. The van der Waals surface area contributed by atoms with Gasteiger partial charge in [0.15, 0.2) is 0 Å². The average Bonchev–Trinajstić information content (AvgIpc) is 3.00. The molecule has 0 amide bonds. The number of rotatable bonds is 31. The van der Waals surface area contributed by atoms with E-state index in [1.807, 2.05) is 21.1 Å². The second-order valence-corrected chi connectivity index (χ2v) is 13.9. The van der Waals surface area contributed by atoms with E-state index in [2.05, 4.69) is 67.7 Å². The van der Waals surface area contributed by atoms with Crippen LogP contribution in [-0.2, 0) is 27.9 Å². The molecule has 0 rings (SSSR count). The van der Waals surface area contributed by atoms with Crippen LogP contribution in [0.4, 0.5) is 0 Å². The van der Waals surface area contributed by atoms with E-state index in [4.69, 9.17) is 18.5 Å². The number of allylic oxidation sites excluding steroid dienone is 10. The summed E-state index contributed by atoms with van der Waals surface area (Å²) in [4.78, 5) is 23.8. The molecule has 8 nitrogen and oxygen atoms in total. The number of hydrogen-bond acceptors (Lipinski definition) is 7. The highest BCUT2D eigenvalue weighted by molar-refractivity contribution is 7.45. The van der Waals surface area contributed by atoms with Crippen molar-refractivity contribution in [2.24, 2.45) is 0 Å². The van der Waals surface area contributed by atoms with Crippen LogP contribution in [0.1, 0.15) is 110 Å². The lowest BCUT2D eigenvalue weighted by atomic mass is 10.1. The molecular weight excluding hydrogens is 601 g/mol. The Labute approximate surface area is 281 Å². The van der Waals surface area contributed by atoms with E-state index in [-0.39, 0.29) is 26.2 Å². The Morgan fingerprint density at radius 1 is 0.674 bits per heavy atom. The molecule has 0 aliphatic heterocycles. The first kappa shape index (κ1) is 44.2. The van der Waals surface area contributed by atoms with E-state index < -0.39 is 19.9 Å². The maximum atomic E-state index is 12.1. The Morgan fingerprint density at radius 3 is 1.70 bits per heavy atom. The zero-order valence-electron chi connectivity index (χ0n) is 29.7. The van der Waals surface area contributed by atoms with Gasteiger partial charge in [-0.2, -0.15) is 0 Å². The van der Waals surface area contributed by atoms with E-state index >= 15 is 0 Å². The van der Waals surface area contributed by atoms with Gasteiger partial charge >= 0.3 is 5.97 Å². The summed E-state index contributed by atoms with van der Waals surface area (Å²) in [6, 6.07) is 0. The Kier molecular flexibility index (Phi) is 29.3. The monoisotopic (exact) mass is 667 g/mol. The molecule has 266 valence electrons. The van der Waals surface area contributed by atoms with Crippen molar-refractivity contribution in [1.82, 2.24) is 0 Å². The maximum absolute atomic E-state index is 12.1. The standard InChI is InChI=1S/C37H66NO7P/c1-6-8-9-10-11-12-13-14-15-16-17-18-19-20-21-22-23-24-25-26-27-28-29-30-32-42-34-36(45-37(39)7-2)35-44-46(40,41)43-33-31-38(3,4)5/h8-9,11-12,14-15,17-18,20-21,36H,6-7,10,13,16,19,22-35H2,1-5H3/b9-8-,12-11-,15-14-,18-17-,21-20-. The molecule has 0 aliphatic carbocycles. The molecule has 0 radical (unpaired) electrons. The summed E-state index contributed by atoms with van der Waals surface area (Å²) >= 11 is 0. The minimum Gasteiger partial charge on any atom is -0.756 e. The molecular formula is C37H66NO7P. The van der Waals surface area contributed by atoms with E-state index in [9.17, 15) is 14.3 Å². The van der Waals surface area contributed by atoms with E-state index in [0.717, 1.165) is 51.4 Å². The summed E-state index contributed by atoms with van der Waals surface area (Å²) in [5, 5.41) is 0. The molecule has 0 heterocycles. The Bertz CT molecular complexity index is 921. The number of phosphoric acid groups is 1. The number of esters is 1. The van der Waals surface area contributed by atoms with Crippen LogP contribution in [0.25, 0.3) is 0 Å². The van der Waals surface area contributed by atoms with Crippen LogP contribution in [0.15, 0.2) is 60.8 Å². The highest BCUT2D eigenvalue weighted by atomic mass is 31.2. The molecule has 0 fully saturated rings. The highest BCUT2D eigenvalue weighted by Crippen LogP contribution is 2.38. The molecule has 46 heavy (non-hydrogen) atoms. The topological polar surface area (TPSA) is 94.1 Å². The molecule has 9 heteroatoms. The normalized spacial score (nSPS) is 14.8. The Hall–Kier alpha value is -1.80. The molecule has 0 bridgehead atoms. The molecule has 0 aromatic carbocycles. The number of unbranched alkanes of at least 4 members (excludes halogenated alkanes) is 8. The largest absolute Gasteiger partial charge is 0.756 e. The number of ether oxygens (including phenoxy) is 2. The number of carbonyl (C=O) groups excluding carboxylic acids is 1. The van der Waals surface area contributed by atoms with Crippen molar-refractivity contribution in [3.05, 3.63) is 60.8 Å². The van der Waals surface area contributed by atoms with Crippen molar-refractivity contribution >= 4 is 13.8 Å². The predicted octanol–water partition coefficient (Wildman–Crippen LogP) is 8.79. The van der Waals surface area contributed by atoms with Gasteiger partial charge in [-0.05, 0) is 51.4 Å².